The Morgan fingerprint density at radius 2 is 2.04 bits per heavy atom. The van der Waals surface area contributed by atoms with Crippen molar-refractivity contribution in [2.45, 2.75) is 6.61 Å². The van der Waals surface area contributed by atoms with Crippen molar-refractivity contribution in [2.75, 3.05) is 5.32 Å². The van der Waals surface area contributed by atoms with Crippen molar-refractivity contribution in [3.8, 4) is 11.3 Å². The molecule has 0 aliphatic rings. The first-order valence-electron chi connectivity index (χ1n) is 7.00. The van der Waals surface area contributed by atoms with E-state index in [9.17, 15) is 4.79 Å². The number of aromatic nitrogens is 1. The van der Waals surface area contributed by atoms with E-state index >= 15 is 0 Å². The van der Waals surface area contributed by atoms with Crippen LogP contribution < -0.4 is 5.32 Å². The number of nitrogens with one attached hydrogen (secondary N) is 1. The lowest BCUT2D eigenvalue weighted by Gasteiger charge is -2.09. The van der Waals surface area contributed by atoms with Crippen LogP contribution in [0.2, 0.25) is 10.2 Å². The molecule has 0 radical (unpaired) electrons. The van der Waals surface area contributed by atoms with Crippen LogP contribution in [0.1, 0.15) is 16.1 Å². The molecule has 2 N–H and O–H groups in total. The van der Waals surface area contributed by atoms with Crippen LogP contribution in [0.25, 0.3) is 11.3 Å². The Balaban J connectivity index is 1.88. The summed E-state index contributed by atoms with van der Waals surface area (Å²) < 4.78 is 5.49. The molecule has 24 heavy (non-hydrogen) atoms. The summed E-state index contributed by atoms with van der Waals surface area (Å²) in [6.45, 7) is -0.201. The Morgan fingerprint density at radius 3 is 2.75 bits per heavy atom. The largest absolute Gasteiger partial charge is 0.459 e. The molecule has 2 aromatic heterocycles. The Kier molecular flexibility index (Phi) is 4.85. The fraction of sp³-hybridized carbons (Fsp3) is 0.0588. The van der Waals surface area contributed by atoms with Crippen LogP contribution in [-0.2, 0) is 6.61 Å². The number of pyridine rings is 1. The molecule has 122 valence electrons. The standard InChI is InChI=1S/C17H12Cl2N2O3/c18-14-5-3-10(8-13(14)15-6-4-11(9-22)24-15)21-17(23)12-2-1-7-20-16(12)19/h1-8,22H,9H2,(H,21,23). The highest BCUT2D eigenvalue weighted by atomic mass is 35.5. The Bertz CT molecular complexity index is 893. The third-order valence-electron chi connectivity index (χ3n) is 3.31. The van der Waals surface area contributed by atoms with Crippen LogP contribution in [0.3, 0.4) is 0 Å². The number of hydrogen-bond donors (Lipinski definition) is 2. The molecular formula is C17H12Cl2N2O3. The molecular weight excluding hydrogens is 351 g/mol. The van der Waals surface area contributed by atoms with Crippen molar-refractivity contribution in [2.24, 2.45) is 0 Å². The first kappa shape index (κ1) is 16.5. The second-order valence-corrected chi connectivity index (χ2v) is 5.68. The third kappa shape index (κ3) is 3.43. The van der Waals surface area contributed by atoms with Gasteiger partial charge in [-0.2, -0.15) is 0 Å². The van der Waals surface area contributed by atoms with E-state index in [2.05, 4.69) is 10.3 Å². The number of aliphatic hydroxyl groups is 1. The molecule has 0 bridgehead atoms. The van der Waals surface area contributed by atoms with Gasteiger partial charge in [0.25, 0.3) is 5.91 Å². The van der Waals surface area contributed by atoms with Gasteiger partial charge in [0.1, 0.15) is 23.3 Å². The predicted octanol–water partition coefficient (Wildman–Crippen LogP) is 4.39. The van der Waals surface area contributed by atoms with E-state index in [-0.39, 0.29) is 23.2 Å². The molecule has 2 heterocycles. The summed E-state index contributed by atoms with van der Waals surface area (Å²) in [4.78, 5) is 16.2. The van der Waals surface area contributed by atoms with Crippen LogP contribution in [0, 0.1) is 0 Å². The summed E-state index contributed by atoms with van der Waals surface area (Å²) in [5.74, 6) is 0.550. The fourth-order valence-corrected chi connectivity index (χ4v) is 2.57. The lowest BCUT2D eigenvalue weighted by atomic mass is 10.1. The lowest BCUT2D eigenvalue weighted by molar-refractivity contribution is 0.102. The molecule has 5 nitrogen and oxygen atoms in total. The normalized spacial score (nSPS) is 10.6. The summed E-state index contributed by atoms with van der Waals surface area (Å²) in [6.07, 6.45) is 1.51. The van der Waals surface area contributed by atoms with Crippen molar-refractivity contribution in [3.63, 3.8) is 0 Å². The number of halogens is 2. The number of rotatable bonds is 4. The molecule has 3 aromatic rings. The maximum atomic E-state index is 12.3. The van der Waals surface area contributed by atoms with Gasteiger partial charge in [-0.1, -0.05) is 23.2 Å². The highest BCUT2D eigenvalue weighted by molar-refractivity contribution is 6.34. The number of hydrogen-bond acceptors (Lipinski definition) is 4. The highest BCUT2D eigenvalue weighted by Crippen LogP contribution is 2.32. The predicted molar refractivity (Wildman–Crippen MR) is 92.3 cm³/mol. The van der Waals surface area contributed by atoms with Crippen LogP contribution in [-0.4, -0.2) is 16.0 Å². The van der Waals surface area contributed by atoms with E-state index in [1.165, 1.54) is 6.20 Å². The van der Waals surface area contributed by atoms with Gasteiger partial charge in [-0.3, -0.25) is 4.79 Å². The van der Waals surface area contributed by atoms with Gasteiger partial charge < -0.3 is 14.8 Å². The van der Waals surface area contributed by atoms with Gasteiger partial charge in [0.15, 0.2) is 0 Å². The van der Waals surface area contributed by atoms with Crippen molar-refractivity contribution < 1.29 is 14.3 Å². The fourth-order valence-electron chi connectivity index (χ4n) is 2.15. The van der Waals surface area contributed by atoms with E-state index in [4.69, 9.17) is 32.7 Å². The zero-order valence-electron chi connectivity index (χ0n) is 12.3. The summed E-state index contributed by atoms with van der Waals surface area (Å²) >= 11 is 12.1. The van der Waals surface area contributed by atoms with Gasteiger partial charge in [0.2, 0.25) is 0 Å². The highest BCUT2D eigenvalue weighted by Gasteiger charge is 2.14. The number of aliphatic hydroxyl groups excluding tert-OH is 1. The minimum atomic E-state index is -0.378. The minimum Gasteiger partial charge on any atom is -0.459 e. The Morgan fingerprint density at radius 1 is 1.21 bits per heavy atom. The van der Waals surface area contributed by atoms with Crippen molar-refractivity contribution in [3.05, 3.63) is 70.2 Å². The van der Waals surface area contributed by atoms with Crippen LogP contribution >= 0.6 is 23.2 Å². The Labute approximate surface area is 147 Å². The quantitative estimate of drug-likeness (QED) is 0.674. The molecule has 0 aliphatic heterocycles. The topological polar surface area (TPSA) is 75.4 Å². The first-order valence-corrected chi connectivity index (χ1v) is 7.75. The SMILES string of the molecule is O=C(Nc1ccc(Cl)c(-c2ccc(CO)o2)c1)c1cccnc1Cl. The molecule has 0 spiro atoms. The average Bonchev–Trinajstić information content (AvgIpc) is 3.06. The number of furan rings is 1. The molecule has 1 amide bonds. The van der Waals surface area contributed by atoms with E-state index in [0.717, 1.165) is 0 Å². The first-order chi connectivity index (χ1) is 11.6. The minimum absolute atomic E-state index is 0.128. The molecule has 7 heteroatoms. The third-order valence-corrected chi connectivity index (χ3v) is 3.94. The number of anilines is 1. The molecule has 1 aromatic carbocycles. The zero-order valence-corrected chi connectivity index (χ0v) is 13.8. The molecule has 0 saturated heterocycles. The Hall–Kier alpha value is -2.34. The maximum absolute atomic E-state index is 12.3. The van der Waals surface area contributed by atoms with Gasteiger partial charge in [0.05, 0.1) is 10.6 Å². The van der Waals surface area contributed by atoms with Crippen LogP contribution in [0.5, 0.6) is 0 Å². The summed E-state index contributed by atoms with van der Waals surface area (Å²) in [6, 6.07) is 11.6. The molecule has 0 saturated carbocycles. The lowest BCUT2D eigenvalue weighted by Crippen LogP contribution is -2.12. The molecule has 0 aliphatic carbocycles. The average molecular weight is 363 g/mol. The summed E-state index contributed by atoms with van der Waals surface area (Å²) in [5.41, 5.74) is 1.41. The molecule has 0 unspecified atom stereocenters. The van der Waals surface area contributed by atoms with E-state index in [0.29, 0.717) is 27.8 Å². The van der Waals surface area contributed by atoms with Gasteiger partial charge in [-0.05, 0) is 42.5 Å². The van der Waals surface area contributed by atoms with Crippen molar-refractivity contribution in [1.29, 1.82) is 0 Å². The van der Waals surface area contributed by atoms with Gasteiger partial charge in [-0.15, -0.1) is 0 Å². The van der Waals surface area contributed by atoms with E-state index in [1.54, 1.807) is 42.5 Å². The number of carbonyl (C=O) groups is 1. The van der Waals surface area contributed by atoms with Crippen molar-refractivity contribution >= 4 is 34.8 Å². The van der Waals surface area contributed by atoms with Gasteiger partial charge in [-0.25, -0.2) is 4.98 Å². The second kappa shape index (κ2) is 7.05. The molecule has 3 rings (SSSR count). The molecule has 0 fully saturated rings. The smallest absolute Gasteiger partial charge is 0.258 e. The molecule has 0 atom stereocenters. The van der Waals surface area contributed by atoms with Gasteiger partial charge in [0, 0.05) is 17.4 Å². The number of amides is 1. The number of nitrogens with zero attached hydrogens (tertiary/aromatic N) is 1. The van der Waals surface area contributed by atoms with Gasteiger partial charge >= 0.3 is 0 Å². The summed E-state index contributed by atoms with van der Waals surface area (Å²) in [5, 5.41) is 12.4. The summed E-state index contributed by atoms with van der Waals surface area (Å²) in [7, 11) is 0. The van der Waals surface area contributed by atoms with Crippen molar-refractivity contribution in [1.82, 2.24) is 4.98 Å². The monoisotopic (exact) mass is 362 g/mol. The number of carbonyl (C=O) groups excluding carboxylic acids is 1. The van der Waals surface area contributed by atoms with Crippen LogP contribution in [0.4, 0.5) is 5.69 Å². The maximum Gasteiger partial charge on any atom is 0.258 e. The van der Waals surface area contributed by atoms with E-state index in [1.807, 2.05) is 0 Å². The zero-order chi connectivity index (χ0) is 17.1. The number of benzene rings is 1. The van der Waals surface area contributed by atoms with E-state index < -0.39 is 0 Å². The second-order valence-electron chi connectivity index (χ2n) is 4.91. The van der Waals surface area contributed by atoms with Crippen LogP contribution in [0.15, 0.2) is 53.1 Å².